The van der Waals surface area contributed by atoms with Crippen LogP contribution < -0.4 is 10.1 Å². The van der Waals surface area contributed by atoms with Crippen molar-refractivity contribution in [2.45, 2.75) is 6.42 Å². The van der Waals surface area contributed by atoms with Gasteiger partial charge in [0.15, 0.2) is 0 Å². The number of ether oxygens (including phenoxy) is 1. The molecule has 0 spiro atoms. The van der Waals surface area contributed by atoms with Crippen molar-refractivity contribution in [3.8, 4) is 5.88 Å². The van der Waals surface area contributed by atoms with Gasteiger partial charge in [0.1, 0.15) is 5.69 Å². The van der Waals surface area contributed by atoms with Crippen LogP contribution in [0, 0.1) is 0 Å². The SMILES string of the molecule is COc1ncccc1NC(=O)N(CCc1ccccc1)CCN(C)C. The number of hydrogen-bond donors (Lipinski definition) is 1. The maximum atomic E-state index is 12.7. The molecule has 0 fully saturated rings. The number of methoxy groups -OCH3 is 1. The summed E-state index contributed by atoms with van der Waals surface area (Å²) in [6.07, 6.45) is 2.44. The lowest BCUT2D eigenvalue weighted by molar-refractivity contribution is 0.205. The summed E-state index contributed by atoms with van der Waals surface area (Å²) in [7, 11) is 5.53. The Morgan fingerprint density at radius 2 is 1.84 bits per heavy atom. The lowest BCUT2D eigenvalue weighted by atomic mass is 10.1. The molecular weight excluding hydrogens is 316 g/mol. The Balaban J connectivity index is 2.03. The predicted octanol–water partition coefficient (Wildman–Crippen LogP) is 2.73. The second-order valence-electron chi connectivity index (χ2n) is 6.02. The highest BCUT2D eigenvalue weighted by Gasteiger charge is 2.16. The number of likely N-dealkylation sites (N-methyl/N-ethyl adjacent to an activating group) is 1. The van der Waals surface area contributed by atoms with Gasteiger partial charge in [-0.15, -0.1) is 0 Å². The molecule has 0 aliphatic rings. The summed E-state index contributed by atoms with van der Waals surface area (Å²) in [5.74, 6) is 0.409. The van der Waals surface area contributed by atoms with Gasteiger partial charge in [-0.3, -0.25) is 0 Å². The Hall–Kier alpha value is -2.60. The molecule has 1 aromatic carbocycles. The minimum atomic E-state index is -0.149. The zero-order valence-corrected chi connectivity index (χ0v) is 15.1. The van der Waals surface area contributed by atoms with Crippen molar-refractivity contribution in [2.24, 2.45) is 0 Å². The Bertz CT molecular complexity index is 661. The molecular formula is C19H26N4O2. The molecule has 0 saturated carbocycles. The number of hydrogen-bond acceptors (Lipinski definition) is 4. The molecule has 0 bridgehead atoms. The first-order valence-electron chi connectivity index (χ1n) is 8.33. The van der Waals surface area contributed by atoms with Gasteiger partial charge in [0.2, 0.25) is 5.88 Å². The predicted molar refractivity (Wildman–Crippen MR) is 100 cm³/mol. The molecule has 1 N–H and O–H groups in total. The number of benzene rings is 1. The molecule has 134 valence electrons. The summed E-state index contributed by atoms with van der Waals surface area (Å²) < 4.78 is 5.20. The summed E-state index contributed by atoms with van der Waals surface area (Å²) in [6.45, 7) is 2.09. The molecule has 1 heterocycles. The number of carbonyl (C=O) groups excluding carboxylic acids is 1. The van der Waals surface area contributed by atoms with E-state index in [0.717, 1.165) is 13.0 Å². The van der Waals surface area contributed by atoms with Crippen LogP contribution in [0.3, 0.4) is 0 Å². The molecule has 6 heteroatoms. The first-order chi connectivity index (χ1) is 12.1. The Labute approximate surface area is 149 Å². The van der Waals surface area contributed by atoms with Gasteiger partial charge in [0.05, 0.1) is 7.11 Å². The lowest BCUT2D eigenvalue weighted by Crippen LogP contribution is -2.40. The van der Waals surface area contributed by atoms with E-state index in [0.29, 0.717) is 24.7 Å². The van der Waals surface area contributed by atoms with E-state index < -0.39 is 0 Å². The zero-order chi connectivity index (χ0) is 18.1. The summed E-state index contributed by atoms with van der Waals surface area (Å²) in [6, 6.07) is 13.6. The second kappa shape index (κ2) is 9.64. The molecule has 2 rings (SSSR count). The van der Waals surface area contributed by atoms with Gasteiger partial charge < -0.3 is 19.9 Å². The van der Waals surface area contributed by atoms with Crippen LogP contribution in [-0.4, -0.2) is 61.7 Å². The summed E-state index contributed by atoms with van der Waals surface area (Å²) in [4.78, 5) is 20.7. The normalized spacial score (nSPS) is 10.6. The van der Waals surface area contributed by atoms with Gasteiger partial charge >= 0.3 is 6.03 Å². The van der Waals surface area contributed by atoms with Gasteiger partial charge in [-0.25, -0.2) is 9.78 Å². The average Bonchev–Trinajstić information content (AvgIpc) is 2.62. The molecule has 0 unspecified atom stereocenters. The molecule has 2 aromatic rings. The fourth-order valence-electron chi connectivity index (χ4n) is 2.39. The molecule has 0 aliphatic heterocycles. The van der Waals surface area contributed by atoms with Gasteiger partial charge in [0, 0.05) is 25.8 Å². The first kappa shape index (κ1) is 18.7. The molecule has 0 aliphatic carbocycles. The highest BCUT2D eigenvalue weighted by atomic mass is 16.5. The standard InChI is InChI=1S/C19H26N4O2/c1-22(2)14-15-23(13-11-16-8-5-4-6-9-16)19(24)21-17-10-7-12-20-18(17)25-3/h4-10,12H,11,13-15H2,1-3H3,(H,21,24). The van der Waals surface area contributed by atoms with E-state index in [9.17, 15) is 4.79 Å². The second-order valence-corrected chi connectivity index (χ2v) is 6.02. The minimum absolute atomic E-state index is 0.149. The number of aromatic nitrogens is 1. The topological polar surface area (TPSA) is 57.7 Å². The Morgan fingerprint density at radius 1 is 1.08 bits per heavy atom. The van der Waals surface area contributed by atoms with Crippen molar-refractivity contribution in [1.29, 1.82) is 0 Å². The minimum Gasteiger partial charge on any atom is -0.480 e. The third-order valence-corrected chi connectivity index (χ3v) is 3.82. The van der Waals surface area contributed by atoms with Crippen LogP contribution in [0.15, 0.2) is 48.7 Å². The number of carbonyl (C=O) groups is 1. The van der Waals surface area contributed by atoms with E-state index in [1.165, 1.54) is 12.7 Å². The summed E-state index contributed by atoms with van der Waals surface area (Å²) >= 11 is 0. The first-order valence-corrected chi connectivity index (χ1v) is 8.33. The van der Waals surface area contributed by atoms with Crippen molar-refractivity contribution in [2.75, 3.05) is 46.2 Å². The Morgan fingerprint density at radius 3 is 2.52 bits per heavy atom. The number of amides is 2. The maximum absolute atomic E-state index is 12.7. The number of pyridine rings is 1. The molecule has 2 amide bonds. The van der Waals surface area contributed by atoms with E-state index in [1.54, 1.807) is 18.3 Å². The van der Waals surface area contributed by atoms with Gasteiger partial charge in [0.25, 0.3) is 0 Å². The van der Waals surface area contributed by atoms with Crippen molar-refractivity contribution in [3.63, 3.8) is 0 Å². The van der Waals surface area contributed by atoms with Gasteiger partial charge in [-0.1, -0.05) is 30.3 Å². The quantitative estimate of drug-likeness (QED) is 0.801. The van der Waals surface area contributed by atoms with E-state index >= 15 is 0 Å². The number of nitrogens with zero attached hydrogens (tertiary/aromatic N) is 3. The Kier molecular flexibility index (Phi) is 7.22. The monoisotopic (exact) mass is 342 g/mol. The van der Waals surface area contributed by atoms with E-state index in [4.69, 9.17) is 4.74 Å². The molecule has 0 saturated heterocycles. The highest BCUT2D eigenvalue weighted by Crippen LogP contribution is 2.20. The van der Waals surface area contributed by atoms with E-state index in [2.05, 4.69) is 27.3 Å². The third-order valence-electron chi connectivity index (χ3n) is 3.82. The highest BCUT2D eigenvalue weighted by molar-refractivity contribution is 5.90. The van der Waals surface area contributed by atoms with Crippen molar-refractivity contribution in [3.05, 3.63) is 54.2 Å². The lowest BCUT2D eigenvalue weighted by Gasteiger charge is -2.25. The van der Waals surface area contributed by atoms with Crippen molar-refractivity contribution in [1.82, 2.24) is 14.8 Å². The molecule has 0 atom stereocenters. The molecule has 1 aromatic heterocycles. The smallest absolute Gasteiger partial charge is 0.322 e. The fraction of sp³-hybridized carbons (Fsp3) is 0.368. The average molecular weight is 342 g/mol. The fourth-order valence-corrected chi connectivity index (χ4v) is 2.39. The summed E-state index contributed by atoms with van der Waals surface area (Å²) in [5, 5.41) is 2.90. The van der Waals surface area contributed by atoms with Crippen LogP contribution in [0.4, 0.5) is 10.5 Å². The van der Waals surface area contributed by atoms with Crippen LogP contribution in [0.25, 0.3) is 0 Å². The number of anilines is 1. The van der Waals surface area contributed by atoms with Crippen LogP contribution in [0.5, 0.6) is 5.88 Å². The van der Waals surface area contributed by atoms with Crippen LogP contribution >= 0.6 is 0 Å². The van der Waals surface area contributed by atoms with Gasteiger partial charge in [-0.05, 0) is 38.2 Å². The third kappa shape index (κ3) is 6.08. The van der Waals surface area contributed by atoms with Crippen LogP contribution in [0.2, 0.25) is 0 Å². The maximum Gasteiger partial charge on any atom is 0.322 e. The van der Waals surface area contributed by atoms with Gasteiger partial charge in [-0.2, -0.15) is 0 Å². The largest absolute Gasteiger partial charge is 0.480 e. The zero-order valence-electron chi connectivity index (χ0n) is 15.1. The molecule has 0 radical (unpaired) electrons. The number of rotatable bonds is 8. The number of urea groups is 1. The van der Waals surface area contributed by atoms with Crippen LogP contribution in [-0.2, 0) is 6.42 Å². The van der Waals surface area contributed by atoms with E-state index in [-0.39, 0.29) is 6.03 Å². The van der Waals surface area contributed by atoms with Crippen molar-refractivity contribution < 1.29 is 9.53 Å². The van der Waals surface area contributed by atoms with Crippen molar-refractivity contribution >= 4 is 11.7 Å². The molecule has 25 heavy (non-hydrogen) atoms. The summed E-state index contributed by atoms with van der Waals surface area (Å²) in [5.41, 5.74) is 1.79. The van der Waals surface area contributed by atoms with Crippen LogP contribution in [0.1, 0.15) is 5.56 Å². The number of nitrogens with one attached hydrogen (secondary N) is 1. The van der Waals surface area contributed by atoms with E-state index in [1.807, 2.05) is 37.2 Å². The molecule has 6 nitrogen and oxygen atoms in total.